The molecule has 2 aliphatic heterocycles. The molecule has 31 heavy (non-hydrogen) atoms. The van der Waals surface area contributed by atoms with E-state index in [1.807, 2.05) is 35.2 Å². The second-order valence-electron chi connectivity index (χ2n) is 8.32. The highest BCUT2D eigenvalue weighted by Crippen LogP contribution is 2.33. The molecule has 4 rings (SSSR count). The number of likely N-dealkylation sites (tertiary alicyclic amines) is 1. The third-order valence-electron chi connectivity index (χ3n) is 6.02. The van der Waals surface area contributed by atoms with Gasteiger partial charge in [0, 0.05) is 25.4 Å². The summed E-state index contributed by atoms with van der Waals surface area (Å²) in [5.41, 5.74) is 3.09. The number of carbonyl (C=O) groups excluding carboxylic acids is 1. The summed E-state index contributed by atoms with van der Waals surface area (Å²) in [6.07, 6.45) is 7.93. The van der Waals surface area contributed by atoms with E-state index in [2.05, 4.69) is 16.8 Å². The van der Waals surface area contributed by atoms with Gasteiger partial charge in [-0.3, -0.25) is 4.79 Å². The SMILES string of the molecule is O=C(C1=C[C@H](c2ccsc2)C[C@H](OCc2ccc(CO)cc2)O1)N1CCCCCCC1. The summed E-state index contributed by atoms with van der Waals surface area (Å²) in [5.74, 6) is 0.516. The van der Waals surface area contributed by atoms with Crippen molar-refractivity contribution in [3.63, 3.8) is 0 Å². The number of aliphatic hydroxyl groups excluding tert-OH is 1. The molecule has 6 heteroatoms. The normalized spacial score (nSPS) is 22.2. The molecule has 1 aromatic carbocycles. The van der Waals surface area contributed by atoms with Crippen LogP contribution in [0.2, 0.25) is 0 Å². The number of thiophene rings is 1. The first-order valence-electron chi connectivity index (χ1n) is 11.2. The van der Waals surface area contributed by atoms with Gasteiger partial charge in [0.05, 0.1) is 13.2 Å². The zero-order chi connectivity index (χ0) is 21.5. The van der Waals surface area contributed by atoms with Gasteiger partial charge in [-0.05, 0) is 52.4 Å². The van der Waals surface area contributed by atoms with Crippen molar-refractivity contribution in [1.29, 1.82) is 0 Å². The number of amides is 1. The quantitative estimate of drug-likeness (QED) is 0.688. The Hall–Kier alpha value is -2.15. The van der Waals surface area contributed by atoms with Crippen LogP contribution in [0.4, 0.5) is 0 Å². The predicted molar refractivity (Wildman–Crippen MR) is 121 cm³/mol. The van der Waals surface area contributed by atoms with Crippen molar-refractivity contribution >= 4 is 17.2 Å². The van der Waals surface area contributed by atoms with Crippen LogP contribution in [0.1, 0.15) is 61.1 Å². The van der Waals surface area contributed by atoms with Crippen LogP contribution in [-0.2, 0) is 27.5 Å². The van der Waals surface area contributed by atoms with Gasteiger partial charge in [0.2, 0.25) is 6.29 Å². The van der Waals surface area contributed by atoms with E-state index < -0.39 is 6.29 Å². The molecule has 1 aromatic heterocycles. The number of carbonyl (C=O) groups is 1. The van der Waals surface area contributed by atoms with E-state index >= 15 is 0 Å². The third-order valence-corrected chi connectivity index (χ3v) is 6.73. The minimum Gasteiger partial charge on any atom is -0.459 e. The van der Waals surface area contributed by atoms with Gasteiger partial charge in [-0.1, -0.05) is 43.5 Å². The smallest absolute Gasteiger partial charge is 0.288 e. The Balaban J connectivity index is 1.46. The molecule has 0 aliphatic carbocycles. The van der Waals surface area contributed by atoms with Crippen molar-refractivity contribution in [3.05, 3.63) is 69.6 Å². The zero-order valence-corrected chi connectivity index (χ0v) is 18.7. The third kappa shape index (κ3) is 5.97. The lowest BCUT2D eigenvalue weighted by atomic mass is 9.95. The van der Waals surface area contributed by atoms with Crippen LogP contribution in [0.15, 0.2) is 52.9 Å². The fourth-order valence-electron chi connectivity index (χ4n) is 4.17. The first kappa shape index (κ1) is 22.1. The summed E-state index contributed by atoms with van der Waals surface area (Å²) in [6, 6.07) is 9.80. The maximum absolute atomic E-state index is 13.3. The van der Waals surface area contributed by atoms with Crippen LogP contribution in [0.5, 0.6) is 0 Å². The number of nitrogens with zero attached hydrogens (tertiary/aromatic N) is 1. The summed E-state index contributed by atoms with van der Waals surface area (Å²) >= 11 is 1.66. The monoisotopic (exact) mass is 441 g/mol. The Morgan fingerprint density at radius 2 is 1.77 bits per heavy atom. The summed E-state index contributed by atoms with van der Waals surface area (Å²) in [5, 5.41) is 13.4. The zero-order valence-electron chi connectivity index (χ0n) is 17.9. The number of aliphatic hydroxyl groups is 1. The average molecular weight is 442 g/mol. The molecule has 1 N–H and O–H groups in total. The van der Waals surface area contributed by atoms with E-state index in [9.17, 15) is 9.90 Å². The van der Waals surface area contributed by atoms with E-state index in [-0.39, 0.29) is 18.4 Å². The molecule has 1 fully saturated rings. The lowest BCUT2D eigenvalue weighted by Gasteiger charge is -2.32. The topological polar surface area (TPSA) is 59.0 Å². The van der Waals surface area contributed by atoms with E-state index in [0.29, 0.717) is 18.8 Å². The largest absolute Gasteiger partial charge is 0.459 e. The van der Waals surface area contributed by atoms with E-state index in [1.54, 1.807) is 11.3 Å². The van der Waals surface area contributed by atoms with Crippen LogP contribution in [-0.4, -0.2) is 35.3 Å². The maximum atomic E-state index is 13.3. The van der Waals surface area contributed by atoms with Gasteiger partial charge >= 0.3 is 0 Å². The van der Waals surface area contributed by atoms with Gasteiger partial charge in [0.25, 0.3) is 5.91 Å². The highest BCUT2D eigenvalue weighted by molar-refractivity contribution is 7.08. The second-order valence-corrected chi connectivity index (χ2v) is 9.10. The molecule has 5 nitrogen and oxygen atoms in total. The molecule has 3 heterocycles. The molecular formula is C25H31NO4S. The van der Waals surface area contributed by atoms with Gasteiger partial charge in [-0.25, -0.2) is 0 Å². The molecule has 2 atom stereocenters. The molecule has 0 radical (unpaired) electrons. The van der Waals surface area contributed by atoms with Gasteiger partial charge in [-0.15, -0.1) is 0 Å². The molecule has 1 saturated heterocycles. The van der Waals surface area contributed by atoms with Gasteiger partial charge in [-0.2, -0.15) is 11.3 Å². The number of rotatable bonds is 6. The first-order chi connectivity index (χ1) is 15.2. The second kappa shape index (κ2) is 10.9. The van der Waals surface area contributed by atoms with Crippen molar-refractivity contribution in [2.45, 2.75) is 63.9 Å². The van der Waals surface area contributed by atoms with E-state index in [0.717, 1.165) is 37.1 Å². The number of hydrogen-bond donors (Lipinski definition) is 1. The van der Waals surface area contributed by atoms with Gasteiger partial charge in [0.1, 0.15) is 0 Å². The van der Waals surface area contributed by atoms with Crippen molar-refractivity contribution in [2.75, 3.05) is 13.1 Å². The molecule has 0 saturated carbocycles. The lowest BCUT2D eigenvalue weighted by molar-refractivity contribution is -0.156. The molecular weight excluding hydrogens is 410 g/mol. The Labute approximate surface area is 188 Å². The van der Waals surface area contributed by atoms with Crippen molar-refractivity contribution in [2.24, 2.45) is 0 Å². The number of hydrogen-bond acceptors (Lipinski definition) is 5. The average Bonchev–Trinajstić information content (AvgIpc) is 3.32. The van der Waals surface area contributed by atoms with Crippen LogP contribution in [0, 0.1) is 0 Å². The highest BCUT2D eigenvalue weighted by Gasteiger charge is 2.31. The summed E-state index contributed by atoms with van der Waals surface area (Å²) in [4.78, 5) is 15.2. The van der Waals surface area contributed by atoms with Crippen molar-refractivity contribution in [1.82, 2.24) is 4.90 Å². The van der Waals surface area contributed by atoms with Gasteiger partial charge in [0.15, 0.2) is 5.76 Å². The number of allylic oxidation sites excluding steroid dienone is 1. The molecule has 1 amide bonds. The van der Waals surface area contributed by atoms with E-state index in [1.165, 1.54) is 24.8 Å². The highest BCUT2D eigenvalue weighted by atomic mass is 32.1. The standard InChI is InChI=1S/C25H31NO4S/c27-16-19-6-8-20(9-7-19)17-29-24-15-22(21-10-13-31-18-21)14-23(30-24)25(28)26-11-4-2-1-3-5-12-26/h6-10,13-14,18,22,24,27H,1-5,11-12,15-17H2/t22-,24+/m0/s1. The summed E-state index contributed by atoms with van der Waals surface area (Å²) < 4.78 is 12.2. The Kier molecular flexibility index (Phi) is 7.78. The van der Waals surface area contributed by atoms with Crippen molar-refractivity contribution in [3.8, 4) is 0 Å². The molecule has 2 aromatic rings. The van der Waals surface area contributed by atoms with Gasteiger partial charge < -0.3 is 19.5 Å². The Bertz CT molecular complexity index is 854. The molecule has 0 unspecified atom stereocenters. The summed E-state index contributed by atoms with van der Waals surface area (Å²) in [6.45, 7) is 2.02. The van der Waals surface area contributed by atoms with E-state index in [4.69, 9.17) is 9.47 Å². The summed E-state index contributed by atoms with van der Waals surface area (Å²) in [7, 11) is 0. The Morgan fingerprint density at radius 3 is 2.45 bits per heavy atom. The maximum Gasteiger partial charge on any atom is 0.288 e. The van der Waals surface area contributed by atoms with Crippen LogP contribution < -0.4 is 0 Å². The van der Waals surface area contributed by atoms with Crippen LogP contribution in [0.3, 0.4) is 0 Å². The molecule has 166 valence electrons. The van der Waals surface area contributed by atoms with Crippen molar-refractivity contribution < 1.29 is 19.4 Å². The number of benzene rings is 1. The van der Waals surface area contributed by atoms with Crippen LogP contribution in [0.25, 0.3) is 0 Å². The first-order valence-corrected chi connectivity index (χ1v) is 12.2. The fourth-order valence-corrected chi connectivity index (χ4v) is 4.89. The fraction of sp³-hybridized carbons (Fsp3) is 0.480. The lowest BCUT2D eigenvalue weighted by Crippen LogP contribution is -2.38. The van der Waals surface area contributed by atoms with Crippen LogP contribution >= 0.6 is 11.3 Å². The molecule has 2 aliphatic rings. The minimum absolute atomic E-state index is 0.0114. The molecule has 0 bridgehead atoms. The Morgan fingerprint density at radius 1 is 1.06 bits per heavy atom. The number of ether oxygens (including phenoxy) is 2. The predicted octanol–water partition coefficient (Wildman–Crippen LogP) is 4.96. The molecule has 0 spiro atoms. The minimum atomic E-state index is -0.471.